The molecule has 1 N–H and O–H groups in total. The van der Waals surface area contributed by atoms with E-state index in [1.54, 1.807) is 0 Å². The van der Waals surface area contributed by atoms with E-state index in [4.69, 9.17) is 0 Å². The van der Waals surface area contributed by atoms with Crippen LogP contribution >= 0.6 is 0 Å². The minimum Gasteiger partial charge on any atom is -0.384 e. The summed E-state index contributed by atoms with van der Waals surface area (Å²) in [7, 11) is 0. The largest absolute Gasteiger partial charge is 0.384 e. The zero-order chi connectivity index (χ0) is 21.5. The third-order valence-corrected chi connectivity index (χ3v) is 8.52. The van der Waals surface area contributed by atoms with Crippen LogP contribution in [0, 0.1) is 11.3 Å². The van der Waals surface area contributed by atoms with Crippen LogP contribution in [0.3, 0.4) is 0 Å². The van der Waals surface area contributed by atoms with Gasteiger partial charge >= 0.3 is 0 Å². The van der Waals surface area contributed by atoms with Crippen molar-refractivity contribution in [2.45, 2.75) is 81.9 Å². The van der Waals surface area contributed by atoms with Gasteiger partial charge in [-0.3, -0.25) is 9.59 Å². The molecule has 2 fully saturated rings. The fourth-order valence-electron chi connectivity index (χ4n) is 7.37. The number of allylic oxidation sites excluding steroid dienone is 4. The second-order valence-corrected chi connectivity index (χ2v) is 10.4. The Bertz CT molecular complexity index is 817. The summed E-state index contributed by atoms with van der Waals surface area (Å²) in [4.78, 5) is 30.2. The Balaban J connectivity index is 1.66. The summed E-state index contributed by atoms with van der Waals surface area (Å²) in [5.74, 6) is 0.301. The molecule has 5 nitrogen and oxygen atoms in total. The van der Waals surface area contributed by atoms with Gasteiger partial charge in [0.25, 0.3) is 0 Å². The highest BCUT2D eigenvalue weighted by atomic mass is 16.3. The summed E-state index contributed by atoms with van der Waals surface area (Å²) in [6.07, 6.45) is 20.6. The maximum absolute atomic E-state index is 13.4. The van der Waals surface area contributed by atoms with Crippen molar-refractivity contribution in [2.75, 3.05) is 19.6 Å². The lowest BCUT2D eigenvalue weighted by Crippen LogP contribution is -2.66. The molecular formula is C26H36N2O3. The molecule has 1 amide bonds. The Morgan fingerprint density at radius 2 is 1.90 bits per heavy atom. The third-order valence-electron chi connectivity index (χ3n) is 8.52. The summed E-state index contributed by atoms with van der Waals surface area (Å²) in [6, 6.07) is -0.236. The second-order valence-electron chi connectivity index (χ2n) is 10.4. The summed E-state index contributed by atoms with van der Waals surface area (Å²) in [6.45, 7) is 2.92. The van der Waals surface area contributed by atoms with Crippen LogP contribution in [0.5, 0.6) is 0 Å². The van der Waals surface area contributed by atoms with Crippen molar-refractivity contribution in [1.29, 1.82) is 0 Å². The van der Waals surface area contributed by atoms with E-state index in [2.05, 4.69) is 29.2 Å². The first-order valence-corrected chi connectivity index (χ1v) is 12.3. The minimum atomic E-state index is -1.16. The summed E-state index contributed by atoms with van der Waals surface area (Å²) in [5.41, 5.74) is -0.653. The van der Waals surface area contributed by atoms with Crippen LogP contribution in [0.1, 0.15) is 64.2 Å². The van der Waals surface area contributed by atoms with Crippen LogP contribution in [0.4, 0.5) is 0 Å². The molecule has 5 heteroatoms. The van der Waals surface area contributed by atoms with Gasteiger partial charge in [0.1, 0.15) is 11.9 Å². The number of amides is 1. The molecule has 3 bridgehead atoms. The Morgan fingerprint density at radius 3 is 2.77 bits per heavy atom. The molecule has 2 saturated heterocycles. The first kappa shape index (κ1) is 21.1. The summed E-state index contributed by atoms with van der Waals surface area (Å²) >= 11 is 0. The molecule has 1 unspecified atom stereocenters. The molecule has 4 aliphatic heterocycles. The number of piperidine rings is 1. The normalized spacial score (nSPS) is 45.0. The van der Waals surface area contributed by atoms with Gasteiger partial charge in [-0.15, -0.1) is 0 Å². The number of hydrogen-bond acceptors (Lipinski definition) is 4. The first-order chi connectivity index (χ1) is 15.1. The topological polar surface area (TPSA) is 60.9 Å². The number of fused-ring (bicyclic) bond motifs is 2. The van der Waals surface area contributed by atoms with E-state index in [9.17, 15) is 14.7 Å². The van der Waals surface area contributed by atoms with Crippen molar-refractivity contribution < 1.29 is 14.7 Å². The van der Waals surface area contributed by atoms with E-state index in [1.165, 1.54) is 12.8 Å². The van der Waals surface area contributed by atoms with Gasteiger partial charge < -0.3 is 14.9 Å². The van der Waals surface area contributed by atoms with Gasteiger partial charge in [-0.05, 0) is 88.4 Å². The molecule has 0 aromatic carbocycles. The number of carbonyl (C=O) groups excluding carboxylic acids is 2. The predicted octanol–water partition coefficient (Wildman–Crippen LogP) is 3.39. The molecule has 4 heterocycles. The van der Waals surface area contributed by atoms with Gasteiger partial charge in [0.2, 0.25) is 5.91 Å². The molecule has 1 spiro atoms. The van der Waals surface area contributed by atoms with Crippen LogP contribution in [0.2, 0.25) is 0 Å². The van der Waals surface area contributed by atoms with Gasteiger partial charge in [-0.1, -0.05) is 24.3 Å². The second kappa shape index (κ2) is 8.32. The maximum atomic E-state index is 13.4. The number of aliphatic hydroxyl groups is 1. The number of hydrogen-bond donors (Lipinski definition) is 1. The van der Waals surface area contributed by atoms with Gasteiger partial charge in [-0.25, -0.2) is 0 Å². The van der Waals surface area contributed by atoms with Crippen LogP contribution < -0.4 is 0 Å². The average molecular weight is 425 g/mol. The molecular weight excluding hydrogens is 388 g/mol. The lowest BCUT2D eigenvalue weighted by Gasteiger charge is -2.57. The Hall–Kier alpha value is -1.72. The predicted molar refractivity (Wildman–Crippen MR) is 120 cm³/mol. The lowest BCUT2D eigenvalue weighted by atomic mass is 9.55. The fraction of sp³-hybridized carbons (Fsp3) is 0.692. The monoisotopic (exact) mass is 424 g/mol. The van der Waals surface area contributed by atoms with Crippen LogP contribution in [0.15, 0.2) is 36.0 Å². The van der Waals surface area contributed by atoms with Crippen LogP contribution in [-0.2, 0) is 9.59 Å². The number of carbonyl (C=O) groups is 2. The fourth-order valence-corrected chi connectivity index (χ4v) is 7.37. The molecule has 1 aliphatic carbocycles. The molecule has 0 radical (unpaired) electrons. The van der Waals surface area contributed by atoms with Gasteiger partial charge in [-0.2, -0.15) is 0 Å². The Kier molecular flexibility index (Phi) is 5.68. The van der Waals surface area contributed by atoms with Gasteiger partial charge in [0, 0.05) is 18.4 Å². The molecule has 6 atom stereocenters. The Morgan fingerprint density at radius 1 is 1.06 bits per heavy atom. The van der Waals surface area contributed by atoms with E-state index < -0.39 is 5.60 Å². The molecule has 5 aliphatic rings. The molecule has 0 aromatic rings. The smallest absolute Gasteiger partial charge is 0.223 e. The van der Waals surface area contributed by atoms with Crippen LogP contribution in [0.25, 0.3) is 0 Å². The van der Waals surface area contributed by atoms with Crippen molar-refractivity contribution in [3.05, 3.63) is 36.0 Å². The van der Waals surface area contributed by atoms with Crippen molar-refractivity contribution in [3.63, 3.8) is 0 Å². The highest BCUT2D eigenvalue weighted by molar-refractivity contribution is 5.80. The molecule has 5 rings (SSSR count). The van der Waals surface area contributed by atoms with E-state index >= 15 is 0 Å². The van der Waals surface area contributed by atoms with Crippen molar-refractivity contribution >= 4 is 12.2 Å². The van der Waals surface area contributed by atoms with E-state index in [1.807, 2.05) is 11.0 Å². The SMILES string of the molecule is O=CC1=C[C@@]2(O)CC/C=C\CCCCN3CC[C@@H]1[C@]1(C[C@@H]4/C=C\CCCC(=O)N4[C@H]12)C3. The highest BCUT2D eigenvalue weighted by Crippen LogP contribution is 2.59. The zero-order valence-electron chi connectivity index (χ0n) is 18.5. The average Bonchev–Trinajstić information content (AvgIpc) is 3.07. The van der Waals surface area contributed by atoms with Crippen molar-refractivity contribution in [2.24, 2.45) is 11.3 Å². The number of aldehydes is 1. The minimum absolute atomic E-state index is 0.0228. The quantitative estimate of drug-likeness (QED) is 0.518. The Labute approximate surface area is 185 Å². The standard InChI is InChI=1S/C26H36N2O3/c29-18-20-16-26(31)13-8-3-1-2-4-9-14-27-15-12-22(20)25(19-27)17-21-10-6-5-7-11-23(30)28(21)24(25)26/h1,3,6,10,16,18,21-22,24,31H,2,4-5,7-9,11-15,17,19H2/b3-1-,10-6-/t21-,22-,24+,25-,26-/m0/s1. The summed E-state index contributed by atoms with van der Waals surface area (Å²) < 4.78 is 0. The molecule has 0 aromatic heterocycles. The molecule has 168 valence electrons. The molecule has 0 saturated carbocycles. The van der Waals surface area contributed by atoms with Gasteiger partial charge in [0.05, 0.1) is 12.1 Å². The number of nitrogens with zero attached hydrogens (tertiary/aromatic N) is 2. The summed E-state index contributed by atoms with van der Waals surface area (Å²) in [5, 5.41) is 12.2. The highest BCUT2D eigenvalue weighted by Gasteiger charge is 2.66. The van der Waals surface area contributed by atoms with E-state index in [0.29, 0.717) is 12.8 Å². The number of rotatable bonds is 1. The van der Waals surface area contributed by atoms with E-state index in [0.717, 1.165) is 70.0 Å². The van der Waals surface area contributed by atoms with Crippen molar-refractivity contribution in [3.8, 4) is 0 Å². The maximum Gasteiger partial charge on any atom is 0.223 e. The van der Waals surface area contributed by atoms with Crippen LogP contribution in [-0.4, -0.2) is 64.4 Å². The third kappa shape index (κ3) is 3.54. The first-order valence-electron chi connectivity index (χ1n) is 12.3. The zero-order valence-corrected chi connectivity index (χ0v) is 18.5. The lowest BCUT2D eigenvalue weighted by molar-refractivity contribution is -0.147. The van der Waals surface area contributed by atoms with Crippen molar-refractivity contribution in [1.82, 2.24) is 9.80 Å². The van der Waals surface area contributed by atoms with E-state index in [-0.39, 0.29) is 29.3 Å². The molecule has 31 heavy (non-hydrogen) atoms. The van der Waals surface area contributed by atoms with Gasteiger partial charge in [0.15, 0.2) is 0 Å².